The summed E-state index contributed by atoms with van der Waals surface area (Å²) in [6, 6.07) is 13.1. The molecule has 4 aromatic rings. The third-order valence-corrected chi connectivity index (χ3v) is 7.10. The molecule has 5 rings (SSSR count). The second-order valence-electron chi connectivity index (χ2n) is 7.84. The van der Waals surface area contributed by atoms with Crippen LogP contribution < -0.4 is 19.7 Å². The quantitative estimate of drug-likeness (QED) is 0.330. The van der Waals surface area contributed by atoms with E-state index in [1.54, 1.807) is 11.0 Å². The number of anilines is 1. The van der Waals surface area contributed by atoms with Gasteiger partial charge >= 0.3 is 0 Å². The van der Waals surface area contributed by atoms with Crippen LogP contribution in [0.15, 0.2) is 64.4 Å². The average Bonchev–Trinajstić information content (AvgIpc) is 3.47. The van der Waals surface area contributed by atoms with E-state index >= 15 is 0 Å². The molecule has 0 fully saturated rings. The standard InChI is InChI=1S/C25H21BrN4O3S/c1-3-5-12-29-19-11-8-16(26)14-18(19)20(23(29)31)21-24(32)30-25(34-21)27-22(28-30)15-6-9-17(10-7-15)33-13-4-2/h4,6-11,14H,2-3,5,12-13H2,1H3/b21-20-. The number of hydrogen-bond donors (Lipinski definition) is 0. The van der Waals surface area contributed by atoms with Crippen molar-refractivity contribution in [2.24, 2.45) is 0 Å². The topological polar surface area (TPSA) is 76.8 Å². The second kappa shape index (κ2) is 9.15. The van der Waals surface area contributed by atoms with Gasteiger partial charge in [-0.05, 0) is 48.9 Å². The number of nitrogens with zero attached hydrogens (tertiary/aromatic N) is 4. The van der Waals surface area contributed by atoms with E-state index in [4.69, 9.17) is 4.74 Å². The van der Waals surface area contributed by atoms with Gasteiger partial charge in [-0.25, -0.2) is 0 Å². The number of rotatable bonds is 7. The molecule has 0 aliphatic carbocycles. The summed E-state index contributed by atoms with van der Waals surface area (Å²) in [5.74, 6) is 1.00. The molecule has 9 heteroatoms. The van der Waals surface area contributed by atoms with Gasteiger partial charge in [0, 0.05) is 22.1 Å². The SMILES string of the molecule is C=CCOc1ccc(-c2nc3s/c(=C4\C(=O)N(CCCC)c5ccc(Br)cc54)c(=O)n3n2)cc1. The zero-order valence-electron chi connectivity index (χ0n) is 18.5. The van der Waals surface area contributed by atoms with Crippen LogP contribution in [0.2, 0.25) is 0 Å². The molecule has 0 radical (unpaired) electrons. The molecule has 2 aromatic heterocycles. The van der Waals surface area contributed by atoms with Gasteiger partial charge in [-0.3, -0.25) is 9.59 Å². The van der Waals surface area contributed by atoms with Gasteiger partial charge in [0.1, 0.15) is 16.9 Å². The van der Waals surface area contributed by atoms with Crippen LogP contribution in [0.4, 0.5) is 5.69 Å². The summed E-state index contributed by atoms with van der Waals surface area (Å²) in [5.41, 5.74) is 2.44. The Kier molecular flexibility index (Phi) is 6.05. The van der Waals surface area contributed by atoms with E-state index < -0.39 is 0 Å². The van der Waals surface area contributed by atoms with Crippen molar-refractivity contribution in [3.05, 3.63) is 80.0 Å². The van der Waals surface area contributed by atoms with Gasteiger partial charge in [0.2, 0.25) is 4.96 Å². The van der Waals surface area contributed by atoms with Gasteiger partial charge < -0.3 is 9.64 Å². The lowest BCUT2D eigenvalue weighted by Crippen LogP contribution is -2.33. The average molecular weight is 537 g/mol. The molecule has 0 saturated carbocycles. The highest BCUT2D eigenvalue weighted by molar-refractivity contribution is 9.10. The highest BCUT2D eigenvalue weighted by Crippen LogP contribution is 2.37. The normalized spacial score (nSPS) is 14.6. The summed E-state index contributed by atoms with van der Waals surface area (Å²) in [7, 11) is 0. The zero-order chi connectivity index (χ0) is 23.8. The molecule has 0 atom stereocenters. The van der Waals surface area contributed by atoms with Crippen molar-refractivity contribution in [1.82, 2.24) is 14.6 Å². The van der Waals surface area contributed by atoms with Gasteiger partial charge in [-0.1, -0.05) is 53.3 Å². The van der Waals surface area contributed by atoms with Crippen molar-refractivity contribution in [1.29, 1.82) is 0 Å². The Labute approximate surface area is 208 Å². The van der Waals surface area contributed by atoms with Crippen LogP contribution in [0, 0.1) is 0 Å². The van der Waals surface area contributed by atoms with E-state index in [0.29, 0.717) is 39.8 Å². The Balaban J connectivity index is 1.59. The Hall–Kier alpha value is -3.30. The minimum absolute atomic E-state index is 0.154. The lowest BCUT2D eigenvalue weighted by molar-refractivity contribution is -0.113. The number of fused-ring (bicyclic) bond motifs is 2. The summed E-state index contributed by atoms with van der Waals surface area (Å²) in [5, 5.41) is 4.43. The number of hydrogen-bond acceptors (Lipinski definition) is 6. The predicted octanol–water partition coefficient (Wildman–Crippen LogP) is 4.21. The number of amides is 1. The van der Waals surface area contributed by atoms with Crippen LogP contribution >= 0.6 is 27.3 Å². The predicted molar refractivity (Wildman–Crippen MR) is 137 cm³/mol. The zero-order valence-corrected chi connectivity index (χ0v) is 20.9. The number of halogens is 1. The number of unbranched alkanes of at least 4 members (excludes halogenated alkanes) is 1. The van der Waals surface area contributed by atoms with Crippen LogP contribution in [0.3, 0.4) is 0 Å². The molecule has 172 valence electrons. The molecule has 7 nitrogen and oxygen atoms in total. The van der Waals surface area contributed by atoms with Gasteiger partial charge in [0.05, 0.1) is 11.3 Å². The molecule has 2 aromatic carbocycles. The molecule has 0 unspecified atom stereocenters. The molecule has 34 heavy (non-hydrogen) atoms. The van der Waals surface area contributed by atoms with Crippen LogP contribution in [-0.4, -0.2) is 33.7 Å². The minimum atomic E-state index is -0.337. The van der Waals surface area contributed by atoms with Crippen LogP contribution in [0.1, 0.15) is 25.3 Å². The Morgan fingerprint density at radius 3 is 2.68 bits per heavy atom. The third-order valence-electron chi connectivity index (χ3n) is 5.58. The monoisotopic (exact) mass is 536 g/mol. The second-order valence-corrected chi connectivity index (χ2v) is 9.73. The summed E-state index contributed by atoms with van der Waals surface area (Å²) in [6.07, 6.45) is 3.53. The van der Waals surface area contributed by atoms with E-state index in [0.717, 1.165) is 34.1 Å². The molecule has 0 bridgehead atoms. The molecule has 0 saturated heterocycles. The lowest BCUT2D eigenvalue weighted by atomic mass is 10.1. The van der Waals surface area contributed by atoms with Crippen molar-refractivity contribution < 1.29 is 9.53 Å². The van der Waals surface area contributed by atoms with Crippen LogP contribution in [-0.2, 0) is 4.79 Å². The number of carbonyl (C=O) groups is 1. The molecule has 0 N–H and O–H groups in total. The highest BCUT2D eigenvalue weighted by Gasteiger charge is 2.34. The Morgan fingerprint density at radius 1 is 1.18 bits per heavy atom. The first-order valence-corrected chi connectivity index (χ1v) is 12.5. The third kappa shape index (κ3) is 3.84. The van der Waals surface area contributed by atoms with Gasteiger partial charge in [0.15, 0.2) is 5.82 Å². The van der Waals surface area contributed by atoms with Crippen molar-refractivity contribution in [2.75, 3.05) is 18.1 Å². The Morgan fingerprint density at radius 2 is 1.97 bits per heavy atom. The fourth-order valence-electron chi connectivity index (χ4n) is 3.92. The first-order chi connectivity index (χ1) is 16.5. The number of ether oxygens (including phenoxy) is 1. The largest absolute Gasteiger partial charge is 0.490 e. The van der Waals surface area contributed by atoms with E-state index in [9.17, 15) is 9.59 Å². The van der Waals surface area contributed by atoms with Crippen molar-refractivity contribution >= 4 is 49.4 Å². The summed E-state index contributed by atoms with van der Waals surface area (Å²) >= 11 is 4.69. The molecule has 1 amide bonds. The molecule has 1 aliphatic heterocycles. The summed E-state index contributed by atoms with van der Waals surface area (Å²) in [6.45, 7) is 6.76. The Bertz CT molecular complexity index is 1520. The highest BCUT2D eigenvalue weighted by atomic mass is 79.9. The maximum absolute atomic E-state index is 13.4. The van der Waals surface area contributed by atoms with Gasteiger partial charge in [-0.2, -0.15) is 9.50 Å². The molecule has 0 spiro atoms. The van der Waals surface area contributed by atoms with E-state index in [-0.39, 0.29) is 11.5 Å². The molecular formula is C25H21BrN4O3S. The molecule has 3 heterocycles. The number of benzene rings is 2. The molecular weight excluding hydrogens is 516 g/mol. The maximum atomic E-state index is 13.4. The number of carbonyl (C=O) groups excluding carboxylic acids is 1. The maximum Gasteiger partial charge on any atom is 0.291 e. The van der Waals surface area contributed by atoms with Gasteiger partial charge in [-0.15, -0.1) is 5.10 Å². The van der Waals surface area contributed by atoms with Crippen LogP contribution in [0.25, 0.3) is 21.9 Å². The summed E-state index contributed by atoms with van der Waals surface area (Å²) in [4.78, 5) is 33.5. The lowest BCUT2D eigenvalue weighted by Gasteiger charge is -2.16. The number of aromatic nitrogens is 3. The summed E-state index contributed by atoms with van der Waals surface area (Å²) < 4.78 is 8.00. The van der Waals surface area contributed by atoms with Crippen LogP contribution in [0.5, 0.6) is 5.75 Å². The van der Waals surface area contributed by atoms with Crippen molar-refractivity contribution in [3.63, 3.8) is 0 Å². The number of thiazole rings is 1. The van der Waals surface area contributed by atoms with E-state index in [1.807, 2.05) is 42.5 Å². The first kappa shape index (κ1) is 22.5. The van der Waals surface area contributed by atoms with Crippen molar-refractivity contribution in [2.45, 2.75) is 19.8 Å². The fourth-order valence-corrected chi connectivity index (χ4v) is 5.28. The van der Waals surface area contributed by atoms with Gasteiger partial charge in [0.25, 0.3) is 11.5 Å². The first-order valence-electron chi connectivity index (χ1n) is 10.9. The smallest absolute Gasteiger partial charge is 0.291 e. The fraction of sp³-hybridized carbons (Fsp3) is 0.200. The van der Waals surface area contributed by atoms with Crippen molar-refractivity contribution in [3.8, 4) is 17.1 Å². The van der Waals surface area contributed by atoms with E-state index in [1.165, 1.54) is 15.9 Å². The minimum Gasteiger partial charge on any atom is -0.490 e. The molecule has 1 aliphatic rings. The van der Waals surface area contributed by atoms with E-state index in [2.05, 4.69) is 39.5 Å².